The van der Waals surface area contributed by atoms with E-state index in [1.807, 2.05) is 0 Å². The van der Waals surface area contributed by atoms with Crippen molar-refractivity contribution >= 4 is 11.8 Å². The lowest BCUT2D eigenvalue weighted by atomic mass is 9.90. The number of benzene rings is 1. The number of aryl methyl sites for hydroxylation is 1. The van der Waals surface area contributed by atoms with Gasteiger partial charge in [-0.1, -0.05) is 24.3 Å². The number of nitrogens with zero attached hydrogens (tertiary/aromatic N) is 3. The van der Waals surface area contributed by atoms with Crippen molar-refractivity contribution in [3.8, 4) is 0 Å². The minimum absolute atomic E-state index is 0.0240. The van der Waals surface area contributed by atoms with Crippen LogP contribution in [0.3, 0.4) is 0 Å². The first-order chi connectivity index (χ1) is 17.5. The summed E-state index contributed by atoms with van der Waals surface area (Å²) in [6.45, 7) is 3.64. The van der Waals surface area contributed by atoms with Gasteiger partial charge in [0.25, 0.3) is 5.91 Å². The van der Waals surface area contributed by atoms with Crippen LogP contribution in [-0.4, -0.2) is 63.4 Å². The molecule has 0 spiro atoms. The van der Waals surface area contributed by atoms with Gasteiger partial charge in [-0.3, -0.25) is 19.5 Å². The molecule has 2 aromatic rings. The van der Waals surface area contributed by atoms with E-state index >= 15 is 0 Å². The maximum Gasteiger partial charge on any atom is 0.256 e. The van der Waals surface area contributed by atoms with Crippen LogP contribution in [0.4, 0.5) is 0 Å². The Hall–Kier alpha value is -2.77. The van der Waals surface area contributed by atoms with E-state index in [-0.39, 0.29) is 29.9 Å². The Morgan fingerprint density at radius 3 is 2.50 bits per heavy atom. The average Bonchev–Trinajstić information content (AvgIpc) is 3.75. The lowest BCUT2D eigenvalue weighted by molar-refractivity contribution is -0.128. The molecular weight excluding hydrogens is 450 g/mol. The lowest BCUT2D eigenvalue weighted by Gasteiger charge is -2.43. The van der Waals surface area contributed by atoms with Crippen LogP contribution in [0.5, 0.6) is 0 Å². The van der Waals surface area contributed by atoms with E-state index in [4.69, 9.17) is 5.73 Å². The highest BCUT2D eigenvalue weighted by Gasteiger charge is 2.42. The van der Waals surface area contributed by atoms with Crippen molar-refractivity contribution in [1.29, 1.82) is 0 Å². The Kier molecular flexibility index (Phi) is 7.67. The minimum atomic E-state index is -0.481. The third-order valence-corrected chi connectivity index (χ3v) is 8.26. The number of nitrogens with one attached hydrogen (secondary N) is 1. The Balaban J connectivity index is 1.35. The lowest BCUT2D eigenvalue weighted by Crippen LogP contribution is -2.59. The zero-order chi connectivity index (χ0) is 25.1. The van der Waals surface area contributed by atoms with Crippen molar-refractivity contribution in [2.45, 2.75) is 95.0 Å². The van der Waals surface area contributed by atoms with Gasteiger partial charge in [0.2, 0.25) is 5.91 Å². The molecule has 1 aromatic heterocycles. The zero-order valence-corrected chi connectivity index (χ0v) is 21.3. The number of carbonyl (C=O) groups excluding carboxylic acids is 2. The summed E-state index contributed by atoms with van der Waals surface area (Å²) in [7, 11) is 0. The molecule has 7 heteroatoms. The Labute approximate surface area is 214 Å². The summed E-state index contributed by atoms with van der Waals surface area (Å²) >= 11 is 0. The third kappa shape index (κ3) is 5.79. The summed E-state index contributed by atoms with van der Waals surface area (Å²) in [5, 5.41) is 3.29. The summed E-state index contributed by atoms with van der Waals surface area (Å²) in [4.78, 5) is 35.7. The molecule has 0 radical (unpaired) electrons. The van der Waals surface area contributed by atoms with Crippen LogP contribution in [-0.2, 0) is 11.3 Å². The van der Waals surface area contributed by atoms with E-state index < -0.39 is 6.04 Å². The number of pyridine rings is 1. The molecule has 3 N–H and O–H groups in total. The summed E-state index contributed by atoms with van der Waals surface area (Å²) < 4.78 is 0. The number of amides is 2. The molecule has 3 fully saturated rings. The molecule has 192 valence electrons. The van der Waals surface area contributed by atoms with Gasteiger partial charge >= 0.3 is 0 Å². The number of hydrogen-bond donors (Lipinski definition) is 2. The number of hydrogen-bond acceptors (Lipinski definition) is 5. The highest BCUT2D eigenvalue weighted by atomic mass is 16.2. The average molecular weight is 490 g/mol. The second-order valence-corrected chi connectivity index (χ2v) is 10.9. The van der Waals surface area contributed by atoms with E-state index in [0.717, 1.165) is 38.6 Å². The second kappa shape index (κ2) is 11.1. The van der Waals surface area contributed by atoms with Crippen molar-refractivity contribution in [3.63, 3.8) is 0 Å². The number of nitrogens with two attached hydrogens (primary N) is 1. The molecule has 1 aromatic carbocycles. The van der Waals surface area contributed by atoms with Crippen molar-refractivity contribution in [3.05, 3.63) is 65.5 Å². The molecule has 2 heterocycles. The van der Waals surface area contributed by atoms with Gasteiger partial charge in [0.15, 0.2) is 0 Å². The highest BCUT2D eigenvalue weighted by molar-refractivity contribution is 5.97. The van der Waals surface area contributed by atoms with E-state index in [1.165, 1.54) is 24.0 Å². The largest absolute Gasteiger partial charge is 0.352 e. The van der Waals surface area contributed by atoms with E-state index in [0.29, 0.717) is 24.6 Å². The van der Waals surface area contributed by atoms with Crippen LogP contribution in [0.2, 0.25) is 0 Å². The zero-order valence-electron chi connectivity index (χ0n) is 21.3. The predicted molar refractivity (Wildman–Crippen MR) is 140 cm³/mol. The fourth-order valence-corrected chi connectivity index (χ4v) is 5.90. The van der Waals surface area contributed by atoms with Gasteiger partial charge in [0, 0.05) is 49.7 Å². The summed E-state index contributed by atoms with van der Waals surface area (Å²) in [5.74, 6) is -0.131. The molecule has 5 rings (SSSR count). The fraction of sp³-hybridized carbons (Fsp3) is 0.552. The molecule has 2 atom stereocenters. The van der Waals surface area contributed by atoms with Gasteiger partial charge in [-0.15, -0.1) is 0 Å². The van der Waals surface area contributed by atoms with E-state index in [1.54, 1.807) is 29.4 Å². The van der Waals surface area contributed by atoms with Crippen LogP contribution in [0.15, 0.2) is 48.8 Å². The van der Waals surface area contributed by atoms with Gasteiger partial charge in [-0.05, 0) is 81.5 Å². The first-order valence-corrected chi connectivity index (χ1v) is 13.6. The van der Waals surface area contributed by atoms with Crippen LogP contribution in [0.25, 0.3) is 0 Å². The topological polar surface area (TPSA) is 91.6 Å². The Morgan fingerprint density at radius 1 is 1.03 bits per heavy atom. The van der Waals surface area contributed by atoms with Gasteiger partial charge in [0.1, 0.15) is 6.04 Å². The molecule has 1 saturated heterocycles. The number of likely N-dealkylation sites (tertiary alicyclic amines) is 1. The number of carbonyl (C=O) groups is 2. The quantitative estimate of drug-likeness (QED) is 0.622. The van der Waals surface area contributed by atoms with Crippen molar-refractivity contribution in [2.75, 3.05) is 6.54 Å². The molecule has 3 aliphatic rings. The second-order valence-electron chi connectivity index (χ2n) is 10.9. The first kappa shape index (κ1) is 24.9. The van der Waals surface area contributed by atoms with Crippen LogP contribution in [0.1, 0.15) is 72.9 Å². The summed E-state index contributed by atoms with van der Waals surface area (Å²) in [6.07, 6.45) is 10.9. The van der Waals surface area contributed by atoms with Gasteiger partial charge in [-0.2, -0.15) is 0 Å². The highest BCUT2D eigenvalue weighted by Crippen LogP contribution is 2.35. The molecule has 1 unspecified atom stereocenters. The molecule has 2 aliphatic carbocycles. The number of aromatic nitrogens is 1. The monoisotopic (exact) mass is 489 g/mol. The molecule has 2 saturated carbocycles. The van der Waals surface area contributed by atoms with Gasteiger partial charge < -0.3 is 16.0 Å². The maximum absolute atomic E-state index is 13.7. The van der Waals surface area contributed by atoms with E-state index in [2.05, 4.69) is 46.4 Å². The van der Waals surface area contributed by atoms with Crippen LogP contribution >= 0.6 is 0 Å². The van der Waals surface area contributed by atoms with Gasteiger partial charge in [0.05, 0.1) is 5.56 Å². The molecule has 36 heavy (non-hydrogen) atoms. The molecule has 7 nitrogen and oxygen atoms in total. The maximum atomic E-state index is 13.7. The Bertz CT molecular complexity index is 1050. The standard InChI is InChI=1S/C29H39N5O2/c1-20-5-2-3-6-22(20)19-34(25-12-13-25)26-14-16-33(29(36)21-7-4-15-31-18-21)27(17-26)28(35)32-24-10-8-23(30)9-11-24/h2-7,15,18,23-27H,8-14,16-17,19,30H2,1H3,(H,32,35)/t23?,24?,26?,27-/m1/s1. The van der Waals surface area contributed by atoms with Crippen LogP contribution < -0.4 is 11.1 Å². The Morgan fingerprint density at radius 2 is 1.81 bits per heavy atom. The van der Waals surface area contributed by atoms with Crippen molar-refractivity contribution < 1.29 is 9.59 Å². The normalized spacial score (nSPS) is 26.6. The predicted octanol–water partition coefficient (Wildman–Crippen LogP) is 3.41. The van der Waals surface area contributed by atoms with Crippen molar-refractivity contribution in [2.24, 2.45) is 5.73 Å². The molecule has 1 aliphatic heterocycles. The van der Waals surface area contributed by atoms with E-state index in [9.17, 15) is 9.59 Å². The first-order valence-electron chi connectivity index (χ1n) is 13.6. The molecule has 2 amide bonds. The number of piperidine rings is 1. The van der Waals surface area contributed by atoms with Crippen LogP contribution in [0, 0.1) is 6.92 Å². The molecule has 0 bridgehead atoms. The smallest absolute Gasteiger partial charge is 0.256 e. The van der Waals surface area contributed by atoms with Gasteiger partial charge in [-0.25, -0.2) is 0 Å². The number of rotatable bonds is 7. The summed E-state index contributed by atoms with van der Waals surface area (Å²) in [6, 6.07) is 12.9. The summed E-state index contributed by atoms with van der Waals surface area (Å²) in [5.41, 5.74) is 9.27. The van der Waals surface area contributed by atoms with Crippen molar-refractivity contribution in [1.82, 2.24) is 20.1 Å². The SMILES string of the molecule is Cc1ccccc1CN(C1CC1)C1CCN(C(=O)c2cccnc2)[C@@H](C(=O)NC2CCC(N)CC2)C1. The fourth-order valence-electron chi connectivity index (χ4n) is 5.90. The molecular formula is C29H39N5O2. The third-order valence-electron chi connectivity index (χ3n) is 8.26. The minimum Gasteiger partial charge on any atom is -0.352 e.